The van der Waals surface area contributed by atoms with E-state index in [0.29, 0.717) is 16.2 Å². The number of aliphatic hydroxyl groups excluding tert-OH is 1. The van der Waals surface area contributed by atoms with Crippen LogP contribution in [0.3, 0.4) is 0 Å². The molecule has 0 aliphatic carbocycles. The molecule has 7 nitrogen and oxygen atoms in total. The van der Waals surface area contributed by atoms with Crippen LogP contribution in [0.2, 0.25) is 10.0 Å². The van der Waals surface area contributed by atoms with Crippen molar-refractivity contribution in [2.24, 2.45) is 0 Å². The van der Waals surface area contributed by atoms with Crippen LogP contribution in [0.5, 0.6) is 11.5 Å². The number of hydrogen-bond donors (Lipinski definition) is 2. The maximum absolute atomic E-state index is 13.4. The van der Waals surface area contributed by atoms with E-state index in [4.69, 9.17) is 27.9 Å². The van der Waals surface area contributed by atoms with Crippen molar-refractivity contribution in [3.05, 3.63) is 86.9 Å². The molecular weight excluding hydrogens is 535 g/mol. The van der Waals surface area contributed by atoms with Gasteiger partial charge in [0, 0.05) is 5.56 Å². The number of aromatic nitrogens is 1. The Kier molecular flexibility index (Phi) is 6.58. The molecule has 1 saturated heterocycles. The van der Waals surface area contributed by atoms with Crippen LogP contribution in [0.15, 0.2) is 60.2 Å². The van der Waals surface area contributed by atoms with Crippen molar-refractivity contribution in [1.82, 2.24) is 4.98 Å². The summed E-state index contributed by atoms with van der Waals surface area (Å²) in [6.07, 6.45) is 0.841. The Labute approximate surface area is 226 Å². The smallest absolute Gasteiger partial charge is 0.301 e. The highest BCUT2D eigenvalue weighted by atomic mass is 35.5. The standard InChI is InChI=1S/C27H20Cl2N2O5S/c1-3-13-4-9-19-20(10-13)37-27(30-19)31-22(14-5-7-16(32)8-6-14)21(24(34)26(31)35)23(33)15-11-17(28)25(36-2)18(29)12-15/h4-12,22,32-33H,3H2,1-2H3/b23-21+. The number of nitrogens with zero attached hydrogens (tertiary/aromatic N) is 2. The first-order valence-electron chi connectivity index (χ1n) is 11.3. The number of methoxy groups -OCH3 is 1. The molecule has 0 radical (unpaired) electrons. The van der Waals surface area contributed by atoms with Gasteiger partial charge in [0.25, 0.3) is 5.78 Å². The highest BCUT2D eigenvalue weighted by molar-refractivity contribution is 7.22. The lowest BCUT2D eigenvalue weighted by atomic mass is 9.95. The van der Waals surface area contributed by atoms with Gasteiger partial charge in [0.2, 0.25) is 0 Å². The van der Waals surface area contributed by atoms with Gasteiger partial charge in [-0.05, 0) is 53.9 Å². The first kappa shape index (κ1) is 25.1. The molecular formula is C27H20Cl2N2O5S. The highest BCUT2D eigenvalue weighted by Gasteiger charge is 2.48. The summed E-state index contributed by atoms with van der Waals surface area (Å²) < 4.78 is 6.04. The van der Waals surface area contributed by atoms with E-state index in [-0.39, 0.29) is 32.7 Å². The third-order valence-electron chi connectivity index (χ3n) is 6.18. The largest absolute Gasteiger partial charge is 0.508 e. The number of thiazole rings is 1. The number of rotatable bonds is 5. The monoisotopic (exact) mass is 554 g/mol. The number of ether oxygens (including phenoxy) is 1. The number of carbonyl (C=O) groups excluding carboxylic acids is 2. The zero-order valence-corrected chi connectivity index (χ0v) is 22.0. The van der Waals surface area contributed by atoms with Crippen LogP contribution in [-0.4, -0.2) is 34.0 Å². The molecule has 37 heavy (non-hydrogen) atoms. The van der Waals surface area contributed by atoms with Gasteiger partial charge in [0.1, 0.15) is 11.5 Å². The minimum atomic E-state index is -1.01. The summed E-state index contributed by atoms with van der Waals surface area (Å²) in [6.45, 7) is 2.05. The number of phenols is 1. The molecule has 0 saturated carbocycles. The van der Waals surface area contributed by atoms with Crippen LogP contribution in [-0.2, 0) is 16.0 Å². The predicted molar refractivity (Wildman–Crippen MR) is 145 cm³/mol. The summed E-state index contributed by atoms with van der Waals surface area (Å²) in [7, 11) is 1.41. The van der Waals surface area contributed by atoms with Crippen molar-refractivity contribution in [2.75, 3.05) is 12.0 Å². The number of aromatic hydroxyl groups is 1. The van der Waals surface area contributed by atoms with Crippen molar-refractivity contribution in [2.45, 2.75) is 19.4 Å². The van der Waals surface area contributed by atoms with Crippen LogP contribution >= 0.6 is 34.5 Å². The number of benzene rings is 3. The fourth-order valence-corrected chi connectivity index (χ4v) is 6.03. The molecule has 1 aliphatic rings. The van der Waals surface area contributed by atoms with E-state index in [2.05, 4.69) is 4.98 Å². The van der Waals surface area contributed by atoms with Crippen molar-refractivity contribution in [3.8, 4) is 11.5 Å². The third kappa shape index (κ3) is 4.31. The number of hydrogen-bond acceptors (Lipinski definition) is 7. The molecule has 2 N–H and O–H groups in total. The van der Waals surface area contributed by atoms with Crippen molar-refractivity contribution in [1.29, 1.82) is 0 Å². The first-order chi connectivity index (χ1) is 17.7. The topological polar surface area (TPSA) is 100.0 Å². The fraction of sp³-hybridized carbons (Fsp3) is 0.148. The molecule has 1 atom stereocenters. The lowest BCUT2D eigenvalue weighted by molar-refractivity contribution is -0.132. The number of halogens is 2. The minimum absolute atomic E-state index is 0.0153. The first-order valence-corrected chi connectivity index (χ1v) is 12.8. The summed E-state index contributed by atoms with van der Waals surface area (Å²) in [5, 5.41) is 21.7. The maximum atomic E-state index is 13.4. The molecule has 0 spiro atoms. The van der Waals surface area contributed by atoms with E-state index < -0.39 is 23.5 Å². The molecule has 1 aliphatic heterocycles. The SMILES string of the molecule is CCc1ccc2nc(N3C(=O)C(=O)/C(=C(/O)c4cc(Cl)c(OC)c(Cl)c4)C3c3ccc(O)cc3)sc2c1. The summed E-state index contributed by atoms with van der Waals surface area (Å²) in [5.41, 5.74) is 2.30. The normalized spacial score (nSPS) is 17.1. The lowest BCUT2D eigenvalue weighted by Gasteiger charge is -2.23. The number of Topliss-reactive ketones (excluding diaryl/α,β-unsaturated/α-hetero) is 1. The number of phenolic OH excluding ortho intramolecular Hbond substituents is 1. The highest BCUT2D eigenvalue weighted by Crippen LogP contribution is 2.45. The number of anilines is 1. The zero-order chi connectivity index (χ0) is 26.4. The van der Waals surface area contributed by atoms with Crippen LogP contribution < -0.4 is 9.64 Å². The van der Waals surface area contributed by atoms with E-state index in [0.717, 1.165) is 16.7 Å². The molecule has 2 heterocycles. The molecule has 188 valence electrons. The van der Waals surface area contributed by atoms with E-state index in [1.54, 1.807) is 12.1 Å². The Morgan fingerprint density at radius 3 is 2.38 bits per heavy atom. The summed E-state index contributed by atoms with van der Waals surface area (Å²) in [4.78, 5) is 32.7. The van der Waals surface area contributed by atoms with Crippen LogP contribution in [0.25, 0.3) is 16.0 Å². The molecule has 10 heteroatoms. The molecule has 3 aromatic carbocycles. The summed E-state index contributed by atoms with van der Waals surface area (Å²) >= 11 is 13.8. The van der Waals surface area contributed by atoms with Gasteiger partial charge in [-0.2, -0.15) is 0 Å². The van der Waals surface area contributed by atoms with Crippen LogP contribution in [0, 0.1) is 0 Å². The molecule has 1 unspecified atom stereocenters. The van der Waals surface area contributed by atoms with E-state index >= 15 is 0 Å². The molecule has 1 aromatic heterocycles. The number of amides is 1. The van der Waals surface area contributed by atoms with Gasteiger partial charge in [0.15, 0.2) is 10.9 Å². The molecule has 5 rings (SSSR count). The van der Waals surface area contributed by atoms with Crippen LogP contribution in [0.1, 0.15) is 29.7 Å². The summed E-state index contributed by atoms with van der Waals surface area (Å²) in [6, 6.07) is 13.7. The second-order valence-corrected chi connectivity index (χ2v) is 10.2. The van der Waals surface area contributed by atoms with Crippen LogP contribution in [0.4, 0.5) is 5.13 Å². The lowest BCUT2D eigenvalue weighted by Crippen LogP contribution is -2.29. The maximum Gasteiger partial charge on any atom is 0.301 e. The number of carbonyl (C=O) groups is 2. The third-order valence-corrected chi connectivity index (χ3v) is 7.76. The average molecular weight is 555 g/mol. The van der Waals surface area contributed by atoms with E-state index in [1.807, 2.05) is 25.1 Å². The summed E-state index contributed by atoms with van der Waals surface area (Å²) in [5.74, 6) is -1.93. The molecule has 4 aromatic rings. The predicted octanol–water partition coefficient (Wildman–Crippen LogP) is 6.51. The minimum Gasteiger partial charge on any atom is -0.508 e. The molecule has 1 fully saturated rings. The van der Waals surface area contributed by atoms with E-state index in [9.17, 15) is 19.8 Å². The van der Waals surface area contributed by atoms with Gasteiger partial charge in [-0.15, -0.1) is 0 Å². The van der Waals surface area contributed by atoms with E-state index in [1.165, 1.54) is 47.6 Å². The van der Waals surface area contributed by atoms with Crippen molar-refractivity contribution < 1.29 is 24.5 Å². The van der Waals surface area contributed by atoms with Gasteiger partial charge >= 0.3 is 5.91 Å². The number of fused-ring (bicyclic) bond motifs is 1. The second kappa shape index (κ2) is 9.70. The van der Waals surface area contributed by atoms with Crippen molar-refractivity contribution >= 4 is 67.3 Å². The average Bonchev–Trinajstić information content (AvgIpc) is 3.41. The zero-order valence-electron chi connectivity index (χ0n) is 19.7. The second-order valence-electron chi connectivity index (χ2n) is 8.39. The van der Waals surface area contributed by atoms with Gasteiger partial charge in [-0.1, -0.05) is 59.7 Å². The number of aryl methyl sites for hydroxylation is 1. The number of ketones is 1. The van der Waals surface area contributed by atoms with Gasteiger partial charge in [-0.25, -0.2) is 4.98 Å². The molecule has 0 bridgehead atoms. The van der Waals surface area contributed by atoms with Gasteiger partial charge < -0.3 is 14.9 Å². The Morgan fingerprint density at radius 2 is 1.76 bits per heavy atom. The Bertz CT molecular complexity index is 1570. The molecule has 1 amide bonds. The Hall–Kier alpha value is -3.59. The quantitative estimate of drug-likeness (QED) is 0.166. The van der Waals surface area contributed by atoms with Gasteiger partial charge in [0.05, 0.1) is 39.0 Å². The fourth-order valence-electron chi connectivity index (χ4n) is 4.33. The number of aliphatic hydroxyl groups is 1. The Morgan fingerprint density at radius 1 is 1.08 bits per heavy atom. The van der Waals surface area contributed by atoms with Gasteiger partial charge in [-0.3, -0.25) is 14.5 Å². The van der Waals surface area contributed by atoms with Crippen molar-refractivity contribution in [3.63, 3.8) is 0 Å². The Balaban J connectivity index is 1.72.